The van der Waals surface area contributed by atoms with Crippen molar-refractivity contribution in [3.05, 3.63) is 108 Å². The van der Waals surface area contributed by atoms with Crippen LogP contribution in [0.5, 0.6) is 5.75 Å². The summed E-state index contributed by atoms with van der Waals surface area (Å²) in [5, 5.41) is 17.3. The van der Waals surface area contributed by atoms with Crippen molar-refractivity contribution in [3.63, 3.8) is 0 Å². The molecule has 4 aromatic rings. The van der Waals surface area contributed by atoms with Crippen molar-refractivity contribution in [1.29, 1.82) is 0 Å². The lowest BCUT2D eigenvalue weighted by Gasteiger charge is -2.30. The average molecular weight is 592 g/mol. The maximum absolute atomic E-state index is 14.2. The Hall–Kier alpha value is -5.29. The van der Waals surface area contributed by atoms with Gasteiger partial charge in [0.2, 0.25) is 0 Å². The maximum Gasteiger partial charge on any atom is 0.408 e. The van der Waals surface area contributed by atoms with Gasteiger partial charge in [0.05, 0.1) is 0 Å². The van der Waals surface area contributed by atoms with E-state index in [2.05, 4.69) is 16.7 Å². The van der Waals surface area contributed by atoms with E-state index >= 15 is 0 Å². The summed E-state index contributed by atoms with van der Waals surface area (Å²) in [7, 11) is 0. The number of hydrogen-bond acceptors (Lipinski definition) is 5. The summed E-state index contributed by atoms with van der Waals surface area (Å²) in [4.78, 5) is 42.1. The van der Waals surface area contributed by atoms with Crippen molar-refractivity contribution in [2.75, 3.05) is 5.32 Å². The summed E-state index contributed by atoms with van der Waals surface area (Å²) < 4.78 is 5.43. The number of alkyl carbamates (subject to hydrolysis) is 1. The van der Waals surface area contributed by atoms with Crippen molar-refractivity contribution < 1.29 is 24.2 Å². The van der Waals surface area contributed by atoms with Gasteiger partial charge in [-0.2, -0.15) is 0 Å². The molecular weight excluding hydrogens is 554 g/mol. The highest BCUT2D eigenvalue weighted by molar-refractivity contribution is 6.01. The molecule has 8 heteroatoms. The van der Waals surface area contributed by atoms with E-state index in [4.69, 9.17) is 11.2 Å². The number of phenols is 1. The number of ether oxygens (including phenoxy) is 1. The monoisotopic (exact) mass is 591 g/mol. The topological polar surface area (TPSA) is 108 Å². The highest BCUT2D eigenvalue weighted by Gasteiger charge is 2.36. The molecular formula is C36H37N3O5. The lowest BCUT2D eigenvalue weighted by Crippen LogP contribution is -2.51. The maximum atomic E-state index is 14.2. The second kappa shape index (κ2) is 13.8. The summed E-state index contributed by atoms with van der Waals surface area (Å²) in [6.07, 6.45) is 5.97. The first-order valence-corrected chi connectivity index (χ1v) is 14.4. The van der Waals surface area contributed by atoms with Crippen LogP contribution in [0, 0.1) is 12.5 Å². The first-order chi connectivity index (χ1) is 21.0. The molecule has 44 heavy (non-hydrogen) atoms. The molecule has 0 radical (unpaired) electrons. The van der Waals surface area contributed by atoms with Crippen LogP contribution in [0.4, 0.5) is 10.5 Å². The number of hydrogen-bond donors (Lipinski definition) is 3. The molecule has 0 saturated heterocycles. The molecule has 0 aromatic heterocycles. The largest absolute Gasteiger partial charge is 0.508 e. The van der Waals surface area contributed by atoms with Gasteiger partial charge in [-0.25, -0.2) is 4.79 Å². The minimum atomic E-state index is -1.22. The number of amides is 3. The van der Waals surface area contributed by atoms with Crippen LogP contribution in [-0.4, -0.2) is 39.6 Å². The molecule has 0 spiro atoms. The Morgan fingerprint density at radius 2 is 1.55 bits per heavy atom. The number of carbonyl (C=O) groups is 3. The molecule has 0 aliphatic heterocycles. The highest BCUT2D eigenvalue weighted by Crippen LogP contribution is 2.27. The third kappa shape index (κ3) is 8.17. The van der Waals surface area contributed by atoms with Crippen molar-refractivity contribution >= 4 is 34.4 Å². The summed E-state index contributed by atoms with van der Waals surface area (Å²) in [5.41, 5.74) is 1.94. The predicted molar refractivity (Wildman–Crippen MR) is 172 cm³/mol. The van der Waals surface area contributed by atoms with E-state index in [-0.39, 0.29) is 12.2 Å². The van der Waals surface area contributed by atoms with E-state index < -0.39 is 35.6 Å². The molecule has 2 atom stereocenters. The number of anilines is 1. The number of phenolic OH excluding ortho intramolecular Hbond substituents is 1. The Kier molecular flexibility index (Phi) is 9.92. The fourth-order valence-electron chi connectivity index (χ4n) is 4.78. The summed E-state index contributed by atoms with van der Waals surface area (Å²) in [6, 6.07) is 26.9. The first-order valence-electron chi connectivity index (χ1n) is 14.4. The molecule has 8 nitrogen and oxygen atoms in total. The molecule has 4 aromatic carbocycles. The molecule has 0 heterocycles. The highest BCUT2D eigenvalue weighted by atomic mass is 16.6. The Bertz CT molecular complexity index is 1670. The zero-order valence-electron chi connectivity index (χ0n) is 25.3. The van der Waals surface area contributed by atoms with Crippen molar-refractivity contribution in [2.45, 2.75) is 58.2 Å². The third-order valence-electron chi connectivity index (χ3n) is 6.97. The van der Waals surface area contributed by atoms with E-state index in [9.17, 15) is 19.5 Å². The Morgan fingerprint density at radius 3 is 2.16 bits per heavy atom. The van der Waals surface area contributed by atoms with Crippen LogP contribution in [0.2, 0.25) is 0 Å². The minimum Gasteiger partial charge on any atom is -0.508 e. The molecule has 0 aliphatic carbocycles. The van der Waals surface area contributed by atoms with Gasteiger partial charge in [-0.15, -0.1) is 0 Å². The minimum absolute atomic E-state index is 0.0321. The van der Waals surface area contributed by atoms with Crippen molar-refractivity contribution in [2.24, 2.45) is 0 Å². The molecule has 0 saturated carbocycles. The first kappa shape index (κ1) is 31.6. The number of aromatic hydroxyl groups is 1. The van der Waals surface area contributed by atoms with Crippen LogP contribution in [0.25, 0.3) is 10.8 Å². The molecule has 0 bridgehead atoms. The summed E-state index contributed by atoms with van der Waals surface area (Å²) in [5.74, 6) is -1.14. The van der Waals surface area contributed by atoms with Gasteiger partial charge in [-0.3, -0.25) is 14.5 Å². The van der Waals surface area contributed by atoms with E-state index in [1.54, 1.807) is 51.1 Å². The Balaban J connectivity index is 1.71. The predicted octanol–water partition coefficient (Wildman–Crippen LogP) is 6.34. The zero-order valence-corrected chi connectivity index (χ0v) is 25.3. The number of fused-ring (bicyclic) bond motifs is 1. The molecule has 3 amide bonds. The SMILES string of the molecule is C#CN(C(=O)C(Cc1ccc(O)cc1)NC(=O)OC(C)(C)C)C(C(=O)Nc1ccc2ccccc2c1)c1ccc(CC)cc1. The Labute approximate surface area is 258 Å². The number of terminal acetylenes is 1. The molecule has 0 aliphatic rings. The second-order valence-electron chi connectivity index (χ2n) is 11.5. The van der Waals surface area contributed by atoms with Crippen LogP contribution < -0.4 is 10.6 Å². The van der Waals surface area contributed by atoms with E-state index in [1.807, 2.05) is 55.5 Å². The van der Waals surface area contributed by atoms with Crippen molar-refractivity contribution in [1.82, 2.24) is 10.2 Å². The van der Waals surface area contributed by atoms with Gasteiger partial charge < -0.3 is 20.5 Å². The average Bonchev–Trinajstić information content (AvgIpc) is 2.99. The molecule has 0 fully saturated rings. The van der Waals surface area contributed by atoms with E-state index in [0.717, 1.165) is 27.7 Å². The summed E-state index contributed by atoms with van der Waals surface area (Å²) in [6.45, 7) is 7.16. The third-order valence-corrected chi connectivity index (χ3v) is 6.97. The summed E-state index contributed by atoms with van der Waals surface area (Å²) >= 11 is 0. The molecule has 4 rings (SSSR count). The zero-order chi connectivity index (χ0) is 31.9. The van der Waals surface area contributed by atoms with Crippen LogP contribution in [-0.2, 0) is 27.2 Å². The molecule has 2 unspecified atom stereocenters. The van der Waals surface area contributed by atoms with Gasteiger partial charge in [0, 0.05) is 18.2 Å². The number of nitrogens with one attached hydrogen (secondary N) is 2. The Morgan fingerprint density at radius 1 is 0.909 bits per heavy atom. The normalized spacial score (nSPS) is 12.4. The fraction of sp³-hybridized carbons (Fsp3) is 0.250. The van der Waals surface area contributed by atoms with Crippen LogP contribution in [0.3, 0.4) is 0 Å². The second-order valence-corrected chi connectivity index (χ2v) is 11.5. The van der Waals surface area contributed by atoms with Crippen LogP contribution >= 0.6 is 0 Å². The van der Waals surface area contributed by atoms with Gasteiger partial charge in [0.15, 0.2) is 0 Å². The van der Waals surface area contributed by atoms with Crippen LogP contribution in [0.1, 0.15) is 50.4 Å². The number of nitrogens with zero attached hydrogens (tertiary/aromatic N) is 1. The number of carbonyl (C=O) groups excluding carboxylic acids is 3. The quantitative estimate of drug-likeness (QED) is 0.155. The van der Waals surface area contributed by atoms with Gasteiger partial charge in [-0.1, -0.05) is 80.1 Å². The number of rotatable bonds is 9. The van der Waals surface area contributed by atoms with Gasteiger partial charge in [-0.05, 0) is 78.9 Å². The van der Waals surface area contributed by atoms with E-state index in [0.29, 0.717) is 16.8 Å². The smallest absolute Gasteiger partial charge is 0.408 e. The number of aryl methyl sites for hydroxylation is 1. The van der Waals surface area contributed by atoms with Gasteiger partial charge >= 0.3 is 6.09 Å². The number of benzene rings is 4. The fourth-order valence-corrected chi connectivity index (χ4v) is 4.78. The lowest BCUT2D eigenvalue weighted by molar-refractivity contribution is -0.136. The van der Waals surface area contributed by atoms with Gasteiger partial charge in [0.1, 0.15) is 23.4 Å². The molecule has 226 valence electrons. The van der Waals surface area contributed by atoms with Crippen LogP contribution in [0.15, 0.2) is 91.0 Å². The molecule has 3 N–H and O–H groups in total. The van der Waals surface area contributed by atoms with Crippen molar-refractivity contribution in [3.8, 4) is 18.2 Å². The van der Waals surface area contributed by atoms with Gasteiger partial charge in [0.25, 0.3) is 11.8 Å². The standard InChI is InChI=1S/C36H37N3O5/c1-6-24-12-16-27(17-13-24)32(33(41)37-29-19-18-26-10-8-9-11-28(26)23-29)39(7-2)34(42)31(38-35(43)44-36(3,4)5)22-25-14-20-30(40)21-15-25/h2,8-21,23,31-32,40H,6,22H2,1,3-5H3,(H,37,41)(H,38,43). The lowest BCUT2D eigenvalue weighted by atomic mass is 9.99. The van der Waals surface area contributed by atoms with E-state index in [1.165, 1.54) is 12.1 Å².